The maximum Gasteiger partial charge on any atom is 0.0656 e. The van der Waals surface area contributed by atoms with E-state index in [4.69, 9.17) is 4.74 Å². The van der Waals surface area contributed by atoms with Gasteiger partial charge in [0.2, 0.25) is 0 Å². The summed E-state index contributed by atoms with van der Waals surface area (Å²) in [6.07, 6.45) is 3.94. The van der Waals surface area contributed by atoms with Gasteiger partial charge in [0, 0.05) is 24.1 Å². The Balaban J connectivity index is 1.52. The zero-order chi connectivity index (χ0) is 15.0. The molecule has 1 fully saturated rings. The van der Waals surface area contributed by atoms with Crippen molar-refractivity contribution in [3.63, 3.8) is 0 Å². The second-order valence-electron chi connectivity index (χ2n) is 7.87. The van der Waals surface area contributed by atoms with E-state index in [1.807, 2.05) is 0 Å². The molecule has 0 saturated heterocycles. The molecule has 2 aliphatic rings. The van der Waals surface area contributed by atoms with E-state index in [1.165, 1.54) is 24.0 Å². The molecule has 0 heterocycles. The summed E-state index contributed by atoms with van der Waals surface area (Å²) >= 11 is 0. The standard InChI is InChI=1S/C19H29NO/c1-13(2)12-21-18-11-17(19(18,3)4)20-16-9-14-7-5-6-8-15(14)10-16/h5-8,13,16-18,20H,9-12H2,1-4H3. The van der Waals surface area contributed by atoms with Gasteiger partial charge in [0.05, 0.1) is 6.10 Å². The van der Waals surface area contributed by atoms with Crippen LogP contribution in [0, 0.1) is 11.3 Å². The third kappa shape index (κ3) is 3.02. The molecule has 3 rings (SSSR count). The van der Waals surface area contributed by atoms with E-state index in [0.29, 0.717) is 24.1 Å². The van der Waals surface area contributed by atoms with Crippen LogP contribution < -0.4 is 5.32 Å². The van der Waals surface area contributed by atoms with Crippen molar-refractivity contribution >= 4 is 0 Å². The molecule has 1 N–H and O–H groups in total. The Hall–Kier alpha value is -0.860. The molecule has 0 aromatic heterocycles. The average molecular weight is 287 g/mol. The fourth-order valence-electron chi connectivity index (χ4n) is 3.72. The van der Waals surface area contributed by atoms with E-state index in [0.717, 1.165) is 13.0 Å². The lowest BCUT2D eigenvalue weighted by Crippen LogP contribution is -2.63. The molecule has 0 amide bonds. The first-order chi connectivity index (χ1) is 9.96. The van der Waals surface area contributed by atoms with Crippen molar-refractivity contribution in [3.05, 3.63) is 35.4 Å². The molecular weight excluding hydrogens is 258 g/mol. The third-order valence-corrected chi connectivity index (χ3v) is 5.30. The van der Waals surface area contributed by atoms with Crippen molar-refractivity contribution in [1.82, 2.24) is 5.32 Å². The lowest BCUT2D eigenvalue weighted by molar-refractivity contribution is -0.125. The number of nitrogens with one attached hydrogen (secondary N) is 1. The summed E-state index contributed by atoms with van der Waals surface area (Å²) in [4.78, 5) is 0. The highest BCUT2D eigenvalue weighted by molar-refractivity contribution is 5.33. The summed E-state index contributed by atoms with van der Waals surface area (Å²) < 4.78 is 6.07. The summed E-state index contributed by atoms with van der Waals surface area (Å²) in [7, 11) is 0. The van der Waals surface area contributed by atoms with Gasteiger partial charge in [-0.1, -0.05) is 52.0 Å². The van der Waals surface area contributed by atoms with Crippen LogP contribution in [0.5, 0.6) is 0 Å². The number of hydrogen-bond acceptors (Lipinski definition) is 2. The molecule has 2 atom stereocenters. The Morgan fingerprint density at radius 2 is 1.81 bits per heavy atom. The van der Waals surface area contributed by atoms with E-state index < -0.39 is 0 Å². The second-order valence-corrected chi connectivity index (χ2v) is 7.87. The summed E-state index contributed by atoms with van der Waals surface area (Å²) in [6, 6.07) is 10.1. The van der Waals surface area contributed by atoms with Gasteiger partial charge >= 0.3 is 0 Å². The normalized spacial score (nSPS) is 27.7. The van der Waals surface area contributed by atoms with Crippen LogP contribution in [0.15, 0.2) is 24.3 Å². The highest BCUT2D eigenvalue weighted by Crippen LogP contribution is 2.43. The van der Waals surface area contributed by atoms with Crippen molar-refractivity contribution in [2.75, 3.05) is 6.61 Å². The summed E-state index contributed by atoms with van der Waals surface area (Å²) in [5.41, 5.74) is 3.31. The molecule has 2 unspecified atom stereocenters. The Kier molecular flexibility index (Phi) is 4.11. The minimum atomic E-state index is 0.254. The molecular formula is C19H29NO. The Bertz CT molecular complexity index is 469. The zero-order valence-corrected chi connectivity index (χ0v) is 13.9. The van der Waals surface area contributed by atoms with Crippen molar-refractivity contribution in [3.8, 4) is 0 Å². The van der Waals surface area contributed by atoms with Crippen LogP contribution in [0.2, 0.25) is 0 Å². The van der Waals surface area contributed by atoms with Gasteiger partial charge < -0.3 is 10.1 Å². The number of rotatable bonds is 5. The maximum atomic E-state index is 6.07. The molecule has 2 aliphatic carbocycles. The van der Waals surface area contributed by atoms with E-state index in [2.05, 4.69) is 57.3 Å². The first-order valence-electron chi connectivity index (χ1n) is 8.41. The lowest BCUT2D eigenvalue weighted by Gasteiger charge is -2.53. The monoisotopic (exact) mass is 287 g/mol. The maximum absolute atomic E-state index is 6.07. The highest BCUT2D eigenvalue weighted by Gasteiger charge is 2.49. The molecule has 2 heteroatoms. The van der Waals surface area contributed by atoms with Gasteiger partial charge in [-0.05, 0) is 36.3 Å². The van der Waals surface area contributed by atoms with Crippen LogP contribution in [0.4, 0.5) is 0 Å². The minimum absolute atomic E-state index is 0.254. The second kappa shape index (κ2) is 5.73. The molecule has 1 aromatic rings. The van der Waals surface area contributed by atoms with Crippen molar-refractivity contribution in [2.24, 2.45) is 11.3 Å². The Morgan fingerprint density at radius 1 is 1.19 bits per heavy atom. The Morgan fingerprint density at radius 3 is 2.33 bits per heavy atom. The van der Waals surface area contributed by atoms with E-state index in [-0.39, 0.29) is 5.41 Å². The number of hydrogen-bond donors (Lipinski definition) is 1. The predicted octanol–water partition coefficient (Wildman–Crippen LogP) is 3.58. The van der Waals surface area contributed by atoms with Crippen LogP contribution in [0.3, 0.4) is 0 Å². The number of ether oxygens (including phenoxy) is 1. The van der Waals surface area contributed by atoms with Crippen LogP contribution in [-0.2, 0) is 17.6 Å². The molecule has 0 radical (unpaired) electrons. The quantitative estimate of drug-likeness (QED) is 0.893. The van der Waals surface area contributed by atoms with Gasteiger partial charge in [0.15, 0.2) is 0 Å². The Labute approximate surface area is 129 Å². The average Bonchev–Trinajstić information content (AvgIpc) is 2.84. The first-order valence-corrected chi connectivity index (χ1v) is 8.41. The largest absolute Gasteiger partial charge is 0.377 e. The van der Waals surface area contributed by atoms with E-state index in [1.54, 1.807) is 0 Å². The van der Waals surface area contributed by atoms with Gasteiger partial charge in [-0.15, -0.1) is 0 Å². The summed E-state index contributed by atoms with van der Waals surface area (Å²) in [6.45, 7) is 10.0. The van der Waals surface area contributed by atoms with Gasteiger partial charge in [-0.2, -0.15) is 0 Å². The van der Waals surface area contributed by atoms with E-state index in [9.17, 15) is 0 Å². The molecule has 1 aromatic carbocycles. The highest BCUT2D eigenvalue weighted by atomic mass is 16.5. The molecule has 0 spiro atoms. The van der Waals surface area contributed by atoms with Crippen LogP contribution in [0.1, 0.15) is 45.2 Å². The van der Waals surface area contributed by atoms with Crippen LogP contribution in [0.25, 0.3) is 0 Å². The fourth-order valence-corrected chi connectivity index (χ4v) is 3.72. The smallest absolute Gasteiger partial charge is 0.0656 e. The number of benzene rings is 1. The summed E-state index contributed by atoms with van der Waals surface area (Å²) in [5.74, 6) is 0.622. The van der Waals surface area contributed by atoms with Gasteiger partial charge in [-0.3, -0.25) is 0 Å². The first kappa shape index (κ1) is 15.1. The molecule has 0 bridgehead atoms. The lowest BCUT2D eigenvalue weighted by atomic mass is 9.64. The molecule has 0 aliphatic heterocycles. The van der Waals surface area contributed by atoms with Gasteiger partial charge in [0.25, 0.3) is 0 Å². The number of fused-ring (bicyclic) bond motifs is 1. The van der Waals surface area contributed by atoms with Crippen molar-refractivity contribution in [2.45, 2.75) is 65.1 Å². The predicted molar refractivity (Wildman–Crippen MR) is 87.5 cm³/mol. The van der Waals surface area contributed by atoms with Gasteiger partial charge in [-0.25, -0.2) is 0 Å². The molecule has 21 heavy (non-hydrogen) atoms. The third-order valence-electron chi connectivity index (χ3n) is 5.30. The SMILES string of the molecule is CC(C)COC1CC(NC2Cc3ccccc3C2)C1(C)C. The van der Waals surface area contributed by atoms with Crippen LogP contribution >= 0.6 is 0 Å². The van der Waals surface area contributed by atoms with Gasteiger partial charge in [0.1, 0.15) is 0 Å². The van der Waals surface area contributed by atoms with Crippen molar-refractivity contribution < 1.29 is 4.74 Å². The summed E-state index contributed by atoms with van der Waals surface area (Å²) in [5, 5.41) is 3.89. The molecule has 2 nitrogen and oxygen atoms in total. The topological polar surface area (TPSA) is 21.3 Å². The fraction of sp³-hybridized carbons (Fsp3) is 0.684. The van der Waals surface area contributed by atoms with E-state index >= 15 is 0 Å². The minimum Gasteiger partial charge on any atom is -0.377 e. The van der Waals surface area contributed by atoms with Crippen molar-refractivity contribution in [1.29, 1.82) is 0 Å². The molecule has 1 saturated carbocycles. The molecule has 116 valence electrons. The zero-order valence-electron chi connectivity index (χ0n) is 13.9. The van der Waals surface area contributed by atoms with Crippen LogP contribution in [-0.4, -0.2) is 24.8 Å².